The maximum absolute atomic E-state index is 11.6. The number of hydrogen-bond acceptors (Lipinski definition) is 3. The van der Waals surface area contributed by atoms with Crippen molar-refractivity contribution in [1.82, 2.24) is 5.32 Å². The van der Waals surface area contributed by atoms with Gasteiger partial charge in [0.1, 0.15) is 5.75 Å². The lowest BCUT2D eigenvalue weighted by Crippen LogP contribution is -2.30. The summed E-state index contributed by atoms with van der Waals surface area (Å²) in [6, 6.07) is 5.83. The summed E-state index contributed by atoms with van der Waals surface area (Å²) in [5.41, 5.74) is 2.38. The Morgan fingerprint density at radius 2 is 1.90 bits per heavy atom. The van der Waals surface area contributed by atoms with E-state index in [4.69, 9.17) is 9.47 Å². The summed E-state index contributed by atoms with van der Waals surface area (Å²) in [6.45, 7) is 8.40. The van der Waals surface area contributed by atoms with E-state index in [2.05, 4.69) is 19.2 Å². The first kappa shape index (κ1) is 17.5. The molecule has 1 amide bonds. The van der Waals surface area contributed by atoms with E-state index in [1.165, 1.54) is 5.56 Å². The number of unbranched alkanes of at least 4 members (excludes halogenated alkanes) is 1. The standard InChI is InChI=1S/C17H27NO3/c1-4-5-10-20-11-6-9-18-17(19)13-21-16-8-7-14(2)15(3)12-16/h7-8,12H,4-6,9-11,13H2,1-3H3,(H,18,19). The van der Waals surface area contributed by atoms with Crippen molar-refractivity contribution in [2.45, 2.75) is 40.0 Å². The number of rotatable bonds is 10. The van der Waals surface area contributed by atoms with E-state index in [-0.39, 0.29) is 12.5 Å². The summed E-state index contributed by atoms with van der Waals surface area (Å²) in [4.78, 5) is 11.6. The molecule has 0 fully saturated rings. The average Bonchev–Trinajstić information content (AvgIpc) is 2.47. The van der Waals surface area contributed by atoms with Crippen molar-refractivity contribution in [3.63, 3.8) is 0 Å². The fourth-order valence-electron chi connectivity index (χ4n) is 1.75. The van der Waals surface area contributed by atoms with Gasteiger partial charge in [-0.15, -0.1) is 0 Å². The van der Waals surface area contributed by atoms with Crippen LogP contribution in [-0.4, -0.2) is 32.3 Å². The molecule has 0 spiro atoms. The van der Waals surface area contributed by atoms with Crippen molar-refractivity contribution >= 4 is 5.91 Å². The van der Waals surface area contributed by atoms with E-state index in [0.29, 0.717) is 13.2 Å². The fraction of sp³-hybridized carbons (Fsp3) is 0.588. The molecule has 118 valence electrons. The molecular weight excluding hydrogens is 266 g/mol. The largest absolute Gasteiger partial charge is 0.484 e. The van der Waals surface area contributed by atoms with Crippen LogP contribution in [0.25, 0.3) is 0 Å². The molecule has 1 rings (SSSR count). The molecule has 0 radical (unpaired) electrons. The number of carbonyl (C=O) groups excluding carboxylic acids is 1. The molecular formula is C17H27NO3. The van der Waals surface area contributed by atoms with Gasteiger partial charge in [-0.2, -0.15) is 0 Å². The monoisotopic (exact) mass is 293 g/mol. The number of ether oxygens (including phenoxy) is 2. The van der Waals surface area contributed by atoms with Crippen LogP contribution in [0.5, 0.6) is 5.75 Å². The minimum Gasteiger partial charge on any atom is -0.484 e. The number of aryl methyl sites for hydroxylation is 2. The molecule has 0 aliphatic rings. The normalized spacial score (nSPS) is 10.4. The van der Waals surface area contributed by atoms with Crippen LogP contribution in [-0.2, 0) is 9.53 Å². The lowest BCUT2D eigenvalue weighted by atomic mass is 10.1. The summed E-state index contributed by atoms with van der Waals surface area (Å²) in [7, 11) is 0. The molecule has 0 saturated carbocycles. The van der Waals surface area contributed by atoms with Gasteiger partial charge in [0.25, 0.3) is 5.91 Å². The number of amides is 1. The molecule has 0 unspecified atom stereocenters. The Morgan fingerprint density at radius 1 is 1.14 bits per heavy atom. The molecule has 1 N–H and O–H groups in total. The second kappa shape index (κ2) is 10.2. The van der Waals surface area contributed by atoms with Gasteiger partial charge in [-0.05, 0) is 49.9 Å². The van der Waals surface area contributed by atoms with Gasteiger partial charge in [-0.25, -0.2) is 0 Å². The molecule has 21 heavy (non-hydrogen) atoms. The van der Waals surface area contributed by atoms with Crippen molar-refractivity contribution in [2.24, 2.45) is 0 Å². The molecule has 4 nitrogen and oxygen atoms in total. The Balaban J connectivity index is 2.09. The second-order valence-electron chi connectivity index (χ2n) is 5.20. The lowest BCUT2D eigenvalue weighted by molar-refractivity contribution is -0.123. The molecule has 1 aromatic carbocycles. The van der Waals surface area contributed by atoms with E-state index in [1.807, 2.05) is 25.1 Å². The summed E-state index contributed by atoms with van der Waals surface area (Å²) >= 11 is 0. The van der Waals surface area contributed by atoms with Gasteiger partial charge < -0.3 is 14.8 Å². The van der Waals surface area contributed by atoms with Crippen LogP contribution >= 0.6 is 0 Å². The molecule has 0 atom stereocenters. The third-order valence-corrected chi connectivity index (χ3v) is 3.28. The predicted octanol–water partition coefficient (Wildman–Crippen LogP) is 3.01. The molecule has 0 heterocycles. The van der Waals surface area contributed by atoms with Crippen LogP contribution in [0, 0.1) is 13.8 Å². The minimum absolute atomic E-state index is 0.0548. The topological polar surface area (TPSA) is 47.6 Å². The molecule has 0 aliphatic heterocycles. The summed E-state index contributed by atoms with van der Waals surface area (Å²) in [5, 5.41) is 2.83. The Hall–Kier alpha value is -1.55. The zero-order valence-electron chi connectivity index (χ0n) is 13.4. The van der Waals surface area contributed by atoms with E-state index in [0.717, 1.165) is 37.2 Å². The maximum atomic E-state index is 11.6. The van der Waals surface area contributed by atoms with Crippen LogP contribution < -0.4 is 10.1 Å². The molecule has 0 bridgehead atoms. The Labute approximate surface area is 127 Å². The van der Waals surface area contributed by atoms with E-state index >= 15 is 0 Å². The van der Waals surface area contributed by atoms with Gasteiger partial charge in [0.15, 0.2) is 6.61 Å². The Bertz CT molecular complexity index is 432. The van der Waals surface area contributed by atoms with Gasteiger partial charge in [-0.1, -0.05) is 19.4 Å². The van der Waals surface area contributed by atoms with E-state index in [1.54, 1.807) is 0 Å². The van der Waals surface area contributed by atoms with Gasteiger partial charge in [0.05, 0.1) is 0 Å². The van der Waals surface area contributed by atoms with Crippen molar-refractivity contribution in [3.8, 4) is 5.75 Å². The van der Waals surface area contributed by atoms with Crippen LogP contribution in [0.2, 0.25) is 0 Å². The van der Waals surface area contributed by atoms with Crippen molar-refractivity contribution in [1.29, 1.82) is 0 Å². The number of hydrogen-bond donors (Lipinski definition) is 1. The van der Waals surface area contributed by atoms with Gasteiger partial charge in [-0.3, -0.25) is 4.79 Å². The number of nitrogens with one attached hydrogen (secondary N) is 1. The first-order valence-electron chi connectivity index (χ1n) is 7.68. The minimum atomic E-state index is -0.0956. The first-order valence-corrected chi connectivity index (χ1v) is 7.68. The van der Waals surface area contributed by atoms with Gasteiger partial charge in [0, 0.05) is 19.8 Å². The van der Waals surface area contributed by atoms with Crippen LogP contribution in [0.4, 0.5) is 0 Å². The third kappa shape index (κ3) is 7.71. The first-order chi connectivity index (χ1) is 10.1. The maximum Gasteiger partial charge on any atom is 0.257 e. The Morgan fingerprint density at radius 3 is 2.62 bits per heavy atom. The van der Waals surface area contributed by atoms with Crippen LogP contribution in [0.3, 0.4) is 0 Å². The smallest absolute Gasteiger partial charge is 0.257 e. The van der Waals surface area contributed by atoms with Crippen molar-refractivity contribution in [2.75, 3.05) is 26.4 Å². The highest BCUT2D eigenvalue weighted by Crippen LogP contribution is 2.16. The number of benzene rings is 1. The Kier molecular flexibility index (Phi) is 8.51. The molecule has 1 aromatic rings. The van der Waals surface area contributed by atoms with E-state index in [9.17, 15) is 4.79 Å². The second-order valence-corrected chi connectivity index (χ2v) is 5.20. The van der Waals surface area contributed by atoms with Crippen molar-refractivity contribution < 1.29 is 14.3 Å². The summed E-state index contributed by atoms with van der Waals surface area (Å²) in [6.07, 6.45) is 3.07. The van der Waals surface area contributed by atoms with Crippen molar-refractivity contribution in [3.05, 3.63) is 29.3 Å². The highest BCUT2D eigenvalue weighted by atomic mass is 16.5. The highest BCUT2D eigenvalue weighted by Gasteiger charge is 2.03. The molecule has 4 heteroatoms. The SMILES string of the molecule is CCCCOCCCNC(=O)COc1ccc(C)c(C)c1. The summed E-state index contributed by atoms with van der Waals surface area (Å²) < 4.78 is 10.9. The number of carbonyl (C=O) groups is 1. The zero-order valence-corrected chi connectivity index (χ0v) is 13.4. The van der Waals surface area contributed by atoms with Gasteiger partial charge in [0.2, 0.25) is 0 Å². The van der Waals surface area contributed by atoms with Crippen LogP contribution in [0.1, 0.15) is 37.3 Å². The zero-order chi connectivity index (χ0) is 15.5. The molecule has 0 aliphatic carbocycles. The van der Waals surface area contributed by atoms with Gasteiger partial charge >= 0.3 is 0 Å². The third-order valence-electron chi connectivity index (χ3n) is 3.28. The highest BCUT2D eigenvalue weighted by molar-refractivity contribution is 5.77. The fourth-order valence-corrected chi connectivity index (χ4v) is 1.75. The van der Waals surface area contributed by atoms with Crippen LogP contribution in [0.15, 0.2) is 18.2 Å². The quantitative estimate of drug-likeness (QED) is 0.675. The molecule has 0 aromatic heterocycles. The average molecular weight is 293 g/mol. The molecule has 0 saturated heterocycles. The predicted molar refractivity (Wildman–Crippen MR) is 84.8 cm³/mol. The van der Waals surface area contributed by atoms with E-state index < -0.39 is 0 Å². The summed E-state index contributed by atoms with van der Waals surface area (Å²) in [5.74, 6) is 0.637. The lowest BCUT2D eigenvalue weighted by Gasteiger charge is -2.09.